The number of urea groups is 1. The Morgan fingerprint density at radius 2 is 2.00 bits per heavy atom. The molecular weight excluding hydrogens is 276 g/mol. The third-order valence-corrected chi connectivity index (χ3v) is 3.23. The highest BCUT2D eigenvalue weighted by molar-refractivity contribution is 5.91. The van der Waals surface area contributed by atoms with Gasteiger partial charge in [-0.25, -0.2) is 4.79 Å². The maximum absolute atomic E-state index is 11.9. The van der Waals surface area contributed by atoms with Gasteiger partial charge in [0.1, 0.15) is 5.75 Å². The molecule has 0 unspecified atom stereocenters. The summed E-state index contributed by atoms with van der Waals surface area (Å²) in [5.74, 6) is 0.781. The van der Waals surface area contributed by atoms with Crippen molar-refractivity contribution < 1.29 is 9.53 Å². The van der Waals surface area contributed by atoms with Crippen molar-refractivity contribution >= 4 is 17.8 Å². The van der Waals surface area contributed by atoms with Crippen LogP contribution in [0.3, 0.4) is 0 Å². The van der Waals surface area contributed by atoms with Crippen LogP contribution in [0.5, 0.6) is 5.75 Å². The lowest BCUT2D eigenvalue weighted by Crippen LogP contribution is -2.24. The van der Waals surface area contributed by atoms with Crippen molar-refractivity contribution in [1.29, 1.82) is 0 Å². The fourth-order valence-corrected chi connectivity index (χ4v) is 2.07. The van der Waals surface area contributed by atoms with E-state index in [9.17, 15) is 4.79 Å². The molecule has 0 aliphatic rings. The third kappa shape index (κ3) is 4.38. The molecule has 0 spiro atoms. The summed E-state index contributed by atoms with van der Waals surface area (Å²) in [6.07, 6.45) is 4.29. The molecule has 4 heteroatoms. The summed E-state index contributed by atoms with van der Waals surface area (Å²) < 4.78 is 5.15. The predicted molar refractivity (Wildman–Crippen MR) is 90.0 cm³/mol. The van der Waals surface area contributed by atoms with Crippen LogP contribution in [-0.2, 0) is 6.42 Å². The highest BCUT2D eigenvalue weighted by Gasteiger charge is 2.03. The standard InChI is InChI=1S/C18H20N2O2/c1-3-15-8-4-5-10-17(15)20-18(21)19-12-11-14-7-6-9-16(13-14)22-2/h4-13H,3H2,1-2H3,(H2,19,20,21)/b12-11+. The minimum absolute atomic E-state index is 0.264. The minimum atomic E-state index is -0.264. The van der Waals surface area contributed by atoms with Crippen molar-refractivity contribution in [3.8, 4) is 5.75 Å². The van der Waals surface area contributed by atoms with Gasteiger partial charge >= 0.3 is 6.03 Å². The van der Waals surface area contributed by atoms with E-state index in [1.807, 2.05) is 54.6 Å². The topological polar surface area (TPSA) is 50.4 Å². The lowest BCUT2D eigenvalue weighted by Gasteiger charge is -2.09. The summed E-state index contributed by atoms with van der Waals surface area (Å²) in [6, 6.07) is 15.1. The van der Waals surface area contributed by atoms with E-state index in [1.165, 1.54) is 0 Å². The highest BCUT2D eigenvalue weighted by atomic mass is 16.5. The molecular formula is C18H20N2O2. The number of carbonyl (C=O) groups excluding carboxylic acids is 1. The number of rotatable bonds is 5. The Labute approximate surface area is 130 Å². The van der Waals surface area contributed by atoms with Gasteiger partial charge in [0.05, 0.1) is 7.11 Å². The molecule has 0 saturated heterocycles. The number of aryl methyl sites for hydroxylation is 1. The molecule has 0 aliphatic carbocycles. The summed E-state index contributed by atoms with van der Waals surface area (Å²) in [7, 11) is 1.62. The summed E-state index contributed by atoms with van der Waals surface area (Å²) in [6.45, 7) is 2.06. The normalized spacial score (nSPS) is 10.5. The van der Waals surface area contributed by atoms with E-state index < -0.39 is 0 Å². The molecule has 4 nitrogen and oxygen atoms in total. The minimum Gasteiger partial charge on any atom is -0.497 e. The Kier molecular flexibility index (Phi) is 5.60. The van der Waals surface area contributed by atoms with Gasteiger partial charge in [-0.1, -0.05) is 37.3 Å². The molecule has 2 amide bonds. The average Bonchev–Trinajstić information content (AvgIpc) is 2.55. The van der Waals surface area contributed by atoms with Crippen LogP contribution < -0.4 is 15.4 Å². The Bertz CT molecular complexity index is 666. The average molecular weight is 296 g/mol. The molecule has 2 aromatic carbocycles. The van der Waals surface area contributed by atoms with Gasteiger partial charge in [-0.05, 0) is 41.8 Å². The van der Waals surface area contributed by atoms with Gasteiger partial charge in [0.25, 0.3) is 0 Å². The van der Waals surface area contributed by atoms with E-state index in [0.717, 1.165) is 29.0 Å². The summed E-state index contributed by atoms with van der Waals surface area (Å²) in [4.78, 5) is 11.9. The predicted octanol–water partition coefficient (Wildman–Crippen LogP) is 4.05. The molecule has 0 aromatic heterocycles. The second-order valence-electron chi connectivity index (χ2n) is 4.72. The van der Waals surface area contributed by atoms with E-state index >= 15 is 0 Å². The number of benzene rings is 2. The van der Waals surface area contributed by atoms with E-state index in [-0.39, 0.29) is 6.03 Å². The largest absolute Gasteiger partial charge is 0.497 e. The molecule has 2 N–H and O–H groups in total. The number of ether oxygens (including phenoxy) is 1. The lowest BCUT2D eigenvalue weighted by atomic mass is 10.1. The van der Waals surface area contributed by atoms with Crippen LogP contribution >= 0.6 is 0 Å². The number of hydrogen-bond donors (Lipinski definition) is 2. The van der Waals surface area contributed by atoms with Gasteiger partial charge in [0.2, 0.25) is 0 Å². The van der Waals surface area contributed by atoms with Crippen molar-refractivity contribution in [2.24, 2.45) is 0 Å². The van der Waals surface area contributed by atoms with Crippen molar-refractivity contribution in [1.82, 2.24) is 5.32 Å². The summed E-state index contributed by atoms with van der Waals surface area (Å²) in [5.41, 5.74) is 2.89. The quantitative estimate of drug-likeness (QED) is 0.874. The van der Waals surface area contributed by atoms with Crippen LogP contribution in [0.1, 0.15) is 18.1 Å². The maximum Gasteiger partial charge on any atom is 0.323 e. The van der Waals surface area contributed by atoms with Crippen molar-refractivity contribution in [3.05, 3.63) is 65.9 Å². The Morgan fingerprint density at radius 1 is 1.18 bits per heavy atom. The van der Waals surface area contributed by atoms with Crippen LogP contribution in [0.2, 0.25) is 0 Å². The smallest absolute Gasteiger partial charge is 0.323 e. The third-order valence-electron chi connectivity index (χ3n) is 3.23. The zero-order valence-electron chi connectivity index (χ0n) is 12.8. The van der Waals surface area contributed by atoms with E-state index in [1.54, 1.807) is 13.3 Å². The number of hydrogen-bond acceptors (Lipinski definition) is 2. The second-order valence-corrected chi connectivity index (χ2v) is 4.72. The Morgan fingerprint density at radius 3 is 2.77 bits per heavy atom. The van der Waals surface area contributed by atoms with Crippen LogP contribution in [-0.4, -0.2) is 13.1 Å². The van der Waals surface area contributed by atoms with Gasteiger partial charge in [-0.3, -0.25) is 0 Å². The van der Waals surface area contributed by atoms with Gasteiger partial charge in [-0.2, -0.15) is 0 Å². The van der Waals surface area contributed by atoms with Gasteiger partial charge in [0.15, 0.2) is 0 Å². The molecule has 0 fully saturated rings. The van der Waals surface area contributed by atoms with Gasteiger partial charge in [0, 0.05) is 11.9 Å². The van der Waals surface area contributed by atoms with Gasteiger partial charge in [-0.15, -0.1) is 0 Å². The Hall–Kier alpha value is -2.75. The zero-order valence-corrected chi connectivity index (χ0v) is 12.8. The molecule has 0 aliphatic heterocycles. The molecule has 0 atom stereocenters. The van der Waals surface area contributed by atoms with Crippen molar-refractivity contribution in [2.75, 3.05) is 12.4 Å². The number of methoxy groups -OCH3 is 1. The first kappa shape index (κ1) is 15.6. The summed E-state index contributed by atoms with van der Waals surface area (Å²) >= 11 is 0. The first-order valence-corrected chi connectivity index (χ1v) is 7.19. The number of anilines is 1. The Balaban J connectivity index is 1.93. The van der Waals surface area contributed by atoms with Crippen LogP contribution in [0.4, 0.5) is 10.5 Å². The van der Waals surface area contributed by atoms with E-state index in [0.29, 0.717) is 0 Å². The molecule has 114 valence electrons. The van der Waals surface area contributed by atoms with Crippen LogP contribution in [0, 0.1) is 0 Å². The number of para-hydroxylation sites is 1. The van der Waals surface area contributed by atoms with Crippen LogP contribution in [0.15, 0.2) is 54.7 Å². The molecule has 0 heterocycles. The number of carbonyl (C=O) groups is 1. The molecule has 0 radical (unpaired) electrons. The summed E-state index contributed by atoms with van der Waals surface area (Å²) in [5, 5.41) is 5.54. The second kappa shape index (κ2) is 7.88. The number of amides is 2. The molecule has 0 saturated carbocycles. The monoisotopic (exact) mass is 296 g/mol. The fraction of sp³-hybridized carbons (Fsp3) is 0.167. The molecule has 0 bridgehead atoms. The molecule has 2 rings (SSSR count). The molecule has 22 heavy (non-hydrogen) atoms. The SMILES string of the molecule is CCc1ccccc1NC(=O)N/C=C/c1cccc(OC)c1. The first-order chi connectivity index (χ1) is 10.7. The van der Waals surface area contributed by atoms with E-state index in [2.05, 4.69) is 17.6 Å². The molecule has 2 aromatic rings. The van der Waals surface area contributed by atoms with Crippen molar-refractivity contribution in [2.45, 2.75) is 13.3 Å². The van der Waals surface area contributed by atoms with E-state index in [4.69, 9.17) is 4.74 Å². The van der Waals surface area contributed by atoms with Gasteiger partial charge < -0.3 is 15.4 Å². The maximum atomic E-state index is 11.9. The van der Waals surface area contributed by atoms with Crippen molar-refractivity contribution in [3.63, 3.8) is 0 Å². The zero-order chi connectivity index (χ0) is 15.8. The lowest BCUT2D eigenvalue weighted by molar-refractivity contribution is 0.255. The first-order valence-electron chi connectivity index (χ1n) is 7.19. The number of nitrogens with one attached hydrogen (secondary N) is 2. The van der Waals surface area contributed by atoms with Crippen LogP contribution in [0.25, 0.3) is 6.08 Å². The fourth-order valence-electron chi connectivity index (χ4n) is 2.07. The highest BCUT2D eigenvalue weighted by Crippen LogP contribution is 2.15.